The van der Waals surface area contributed by atoms with Crippen molar-refractivity contribution in [3.05, 3.63) is 71.8 Å². The van der Waals surface area contributed by atoms with Gasteiger partial charge >= 0.3 is 0 Å². The van der Waals surface area contributed by atoms with Crippen LogP contribution in [0.25, 0.3) is 21.5 Å². The first-order valence-electron chi connectivity index (χ1n) is 16.3. The predicted molar refractivity (Wildman–Crippen MR) is 178 cm³/mol. The lowest BCUT2D eigenvalue weighted by Crippen LogP contribution is -2.48. The van der Waals surface area contributed by atoms with Crippen molar-refractivity contribution in [2.45, 2.75) is 76.2 Å². The van der Waals surface area contributed by atoms with E-state index < -0.39 is 6.10 Å². The average molecular weight is 612 g/mol. The van der Waals surface area contributed by atoms with Gasteiger partial charge in [-0.15, -0.1) is 6.10 Å². The second-order valence-electron chi connectivity index (χ2n) is 12.5. The molecule has 1 saturated carbocycles. The van der Waals surface area contributed by atoms with Crippen molar-refractivity contribution in [2.24, 2.45) is 0 Å². The predicted octanol–water partition coefficient (Wildman–Crippen LogP) is 6.12. The minimum Gasteiger partial charge on any atom is -0.851 e. The Morgan fingerprint density at radius 2 is 1.04 bits per heavy atom. The van der Waals surface area contributed by atoms with Gasteiger partial charge in [0.2, 0.25) is 0 Å². The third-order valence-corrected chi connectivity index (χ3v) is 9.83. The van der Waals surface area contributed by atoms with Gasteiger partial charge in [-0.25, -0.2) is 19.6 Å². The molecule has 1 fully saturated rings. The van der Waals surface area contributed by atoms with Crippen LogP contribution in [-0.4, -0.2) is 56.7 Å². The molecule has 7 rings (SSSR count). The van der Waals surface area contributed by atoms with Gasteiger partial charge in [-0.1, -0.05) is 36.4 Å². The molecule has 0 bridgehead atoms. The van der Waals surface area contributed by atoms with E-state index in [1.807, 2.05) is 13.8 Å². The first kappa shape index (κ1) is 30.1. The Balaban J connectivity index is 1.19. The maximum atomic E-state index is 14.2. The zero-order valence-electron chi connectivity index (χ0n) is 26.4. The number of benzene rings is 4. The molecule has 0 spiro atoms. The highest BCUT2D eigenvalue weighted by Crippen LogP contribution is 2.52. The van der Waals surface area contributed by atoms with Crippen LogP contribution in [0.5, 0.6) is 0 Å². The quantitative estimate of drug-likeness (QED) is 0.0959. The normalized spacial score (nSPS) is 27.0. The third kappa shape index (κ3) is 5.47. The molecule has 4 N–H and O–H groups in total. The molecule has 4 aromatic rings. The maximum Gasteiger partial charge on any atom is 0.104 e. The van der Waals surface area contributed by atoms with Crippen LogP contribution in [0, 0.1) is 0 Å². The van der Waals surface area contributed by atoms with Crippen molar-refractivity contribution in [1.29, 1.82) is 0 Å². The Morgan fingerprint density at radius 3 is 1.51 bits per heavy atom. The highest BCUT2D eigenvalue weighted by Gasteiger charge is 2.38. The molecule has 9 heteroatoms. The van der Waals surface area contributed by atoms with E-state index in [9.17, 15) is 5.11 Å². The van der Waals surface area contributed by atoms with Crippen LogP contribution < -0.4 is 26.4 Å². The first-order chi connectivity index (χ1) is 22.0. The summed E-state index contributed by atoms with van der Waals surface area (Å²) in [6, 6.07) is 21.5. The second-order valence-corrected chi connectivity index (χ2v) is 12.5. The fourth-order valence-electron chi connectivity index (χ4n) is 7.29. The van der Waals surface area contributed by atoms with Crippen LogP contribution >= 0.6 is 0 Å². The molecule has 7 unspecified atom stereocenters. The molecular formula is C36H43N4O5-. The molecule has 2 heterocycles. The summed E-state index contributed by atoms with van der Waals surface area (Å²) in [5, 5.41) is 33.4. The molecule has 1 aliphatic carbocycles. The Kier molecular flexibility index (Phi) is 8.46. The van der Waals surface area contributed by atoms with Crippen LogP contribution in [-0.2, 0) is 19.6 Å². The van der Waals surface area contributed by atoms with Gasteiger partial charge in [-0.05, 0) is 92.1 Å². The lowest BCUT2D eigenvalue weighted by atomic mass is 9.64. The lowest BCUT2D eigenvalue weighted by Gasteiger charge is -2.51. The molecule has 45 heavy (non-hydrogen) atoms. The van der Waals surface area contributed by atoms with Crippen LogP contribution in [0.4, 0.5) is 22.7 Å². The van der Waals surface area contributed by atoms with Crippen LogP contribution in [0.1, 0.15) is 57.1 Å². The highest BCUT2D eigenvalue weighted by molar-refractivity contribution is 6.07. The number of hydrogen-bond donors (Lipinski definition) is 4. The second kappa shape index (κ2) is 12.7. The van der Waals surface area contributed by atoms with Crippen molar-refractivity contribution in [1.82, 2.24) is 0 Å². The van der Waals surface area contributed by atoms with E-state index in [0.29, 0.717) is 26.4 Å². The number of nitrogens with one attached hydrogen (secondary N) is 4. The van der Waals surface area contributed by atoms with Crippen LogP contribution in [0.2, 0.25) is 0 Å². The van der Waals surface area contributed by atoms with Crippen molar-refractivity contribution < 1.29 is 24.7 Å². The molecule has 7 atom stereocenters. The molecule has 0 radical (unpaired) electrons. The zero-order chi connectivity index (χ0) is 31.1. The Labute approximate surface area is 264 Å². The molecule has 0 amide bonds. The summed E-state index contributed by atoms with van der Waals surface area (Å²) >= 11 is 0. The zero-order valence-corrected chi connectivity index (χ0v) is 26.4. The standard InChI is InChI=1S/C36H43N4O5/c1-5-42-44-18-32-33(19-45-43-6-2)40-31-16-14-23(25-10-8-12-29(39-32)35(25)31)27-17-26(36(27)41)22-13-15-30-34-24(22)9-7-11-28(34)37-20(3)21(4)38-30/h7-16,20-21,26-27,32-33,36-40H,5-6,17-19H2,1-4H3/q-1. The molecule has 0 saturated heterocycles. The summed E-state index contributed by atoms with van der Waals surface area (Å²) in [7, 11) is 0. The largest absolute Gasteiger partial charge is 0.851 e. The molecule has 4 aromatic carbocycles. The topological polar surface area (TPSA) is 108 Å². The van der Waals surface area contributed by atoms with E-state index in [1.54, 1.807) is 0 Å². The highest BCUT2D eigenvalue weighted by atomic mass is 17.2. The van der Waals surface area contributed by atoms with Crippen molar-refractivity contribution in [3.63, 3.8) is 0 Å². The molecule has 9 nitrogen and oxygen atoms in total. The number of hydrogen-bond acceptors (Lipinski definition) is 9. The van der Waals surface area contributed by atoms with E-state index >= 15 is 0 Å². The van der Waals surface area contributed by atoms with Crippen molar-refractivity contribution >= 4 is 44.3 Å². The van der Waals surface area contributed by atoms with Crippen LogP contribution in [0.3, 0.4) is 0 Å². The Morgan fingerprint density at radius 1 is 0.600 bits per heavy atom. The van der Waals surface area contributed by atoms with Gasteiger partial charge in [-0.2, -0.15) is 0 Å². The van der Waals surface area contributed by atoms with Crippen LogP contribution in [0.15, 0.2) is 60.7 Å². The molecule has 2 aliphatic heterocycles. The number of anilines is 4. The van der Waals surface area contributed by atoms with Gasteiger partial charge in [0.25, 0.3) is 0 Å². The SMILES string of the molecule is CCOOCC1Nc2cccc3c(C4CC(c5ccc6c7c(cccc57)NC(C)C(C)N6)C4[O-])ccc(c23)NC1COOCC. The first-order valence-corrected chi connectivity index (χ1v) is 16.3. The summed E-state index contributed by atoms with van der Waals surface area (Å²) in [6.07, 6.45) is 0.0744. The fourth-order valence-corrected chi connectivity index (χ4v) is 7.29. The smallest absolute Gasteiger partial charge is 0.104 e. The van der Waals surface area contributed by atoms with E-state index in [4.69, 9.17) is 19.6 Å². The number of rotatable bonds is 10. The average Bonchev–Trinajstić information content (AvgIpc) is 3.27. The molecule has 3 aliphatic rings. The van der Waals surface area contributed by atoms with Gasteiger partial charge in [-0.3, -0.25) is 0 Å². The summed E-state index contributed by atoms with van der Waals surface area (Å²) in [4.78, 5) is 21.4. The van der Waals surface area contributed by atoms with E-state index in [0.717, 1.165) is 56.5 Å². The monoisotopic (exact) mass is 611 g/mol. The third-order valence-electron chi connectivity index (χ3n) is 9.83. The Hall–Kier alpha value is -3.60. The fraction of sp³-hybridized carbons (Fsp3) is 0.444. The van der Waals surface area contributed by atoms with Crippen molar-refractivity contribution in [3.8, 4) is 0 Å². The van der Waals surface area contributed by atoms with E-state index in [1.165, 1.54) is 5.39 Å². The summed E-state index contributed by atoms with van der Waals surface area (Å²) in [5.41, 5.74) is 6.48. The summed E-state index contributed by atoms with van der Waals surface area (Å²) < 4.78 is 0. The van der Waals surface area contributed by atoms with Gasteiger partial charge < -0.3 is 26.4 Å². The van der Waals surface area contributed by atoms with Gasteiger partial charge in [0.15, 0.2) is 0 Å². The Bertz CT molecular complexity index is 1640. The molecule has 238 valence electrons. The van der Waals surface area contributed by atoms with Gasteiger partial charge in [0.1, 0.15) is 13.2 Å². The molecular weight excluding hydrogens is 568 g/mol. The van der Waals surface area contributed by atoms with Gasteiger partial charge in [0.05, 0.1) is 25.3 Å². The molecule has 0 aromatic heterocycles. The lowest BCUT2D eigenvalue weighted by molar-refractivity contribution is -0.450. The summed E-state index contributed by atoms with van der Waals surface area (Å²) in [6.45, 7) is 9.75. The van der Waals surface area contributed by atoms with Gasteiger partial charge in [0, 0.05) is 45.6 Å². The maximum absolute atomic E-state index is 14.2. The van der Waals surface area contributed by atoms with Crippen molar-refractivity contribution in [2.75, 3.05) is 47.7 Å². The van der Waals surface area contributed by atoms with E-state index in [2.05, 4.69) is 95.8 Å². The minimum atomic E-state index is -0.741. The summed E-state index contributed by atoms with van der Waals surface area (Å²) in [5.74, 6) is -0.135. The van der Waals surface area contributed by atoms with E-state index in [-0.39, 0.29) is 36.0 Å². The minimum absolute atomic E-state index is 0.0533.